The van der Waals surface area contributed by atoms with E-state index in [-0.39, 0.29) is 11.5 Å². The molecule has 1 atom stereocenters. The van der Waals surface area contributed by atoms with E-state index in [0.29, 0.717) is 25.4 Å². The third-order valence-corrected chi connectivity index (χ3v) is 4.49. The number of hydrogen-bond acceptors (Lipinski definition) is 3. The maximum absolute atomic E-state index is 13.9. The van der Waals surface area contributed by atoms with Crippen molar-refractivity contribution in [2.24, 2.45) is 5.92 Å². The smallest absolute Gasteiger partial charge is 0.256 e. The van der Waals surface area contributed by atoms with Crippen LogP contribution in [0.1, 0.15) is 23.2 Å². The van der Waals surface area contributed by atoms with E-state index >= 15 is 0 Å². The molecule has 1 amide bonds. The van der Waals surface area contributed by atoms with E-state index < -0.39 is 17.5 Å². The number of likely N-dealkylation sites (tertiary alicyclic amines) is 1. The molecule has 1 saturated heterocycles. The Morgan fingerprint density at radius 2 is 2.00 bits per heavy atom. The fourth-order valence-corrected chi connectivity index (χ4v) is 3.12. The number of methoxy groups -OCH3 is 1. The van der Waals surface area contributed by atoms with Gasteiger partial charge in [0.05, 0.1) is 19.3 Å². The van der Waals surface area contributed by atoms with Gasteiger partial charge in [0, 0.05) is 31.1 Å². The second-order valence-electron chi connectivity index (χ2n) is 6.37. The first-order valence-electron chi connectivity index (χ1n) is 8.58. The first-order chi connectivity index (χ1) is 12.6. The summed E-state index contributed by atoms with van der Waals surface area (Å²) in [6.07, 6.45) is 1.75. The van der Waals surface area contributed by atoms with Crippen LogP contribution in [0.3, 0.4) is 0 Å². The van der Waals surface area contributed by atoms with Crippen molar-refractivity contribution in [1.29, 1.82) is 0 Å². The van der Waals surface area contributed by atoms with E-state index in [0.717, 1.165) is 30.7 Å². The van der Waals surface area contributed by atoms with Crippen molar-refractivity contribution >= 4 is 5.91 Å². The molecule has 0 aromatic heterocycles. The van der Waals surface area contributed by atoms with Crippen LogP contribution in [0.25, 0.3) is 0 Å². The Morgan fingerprint density at radius 1 is 1.19 bits per heavy atom. The number of rotatable bonds is 5. The molecule has 138 valence electrons. The molecule has 6 heteroatoms. The minimum absolute atomic E-state index is 0.0965. The summed E-state index contributed by atoms with van der Waals surface area (Å²) in [5, 5.41) is 0. The van der Waals surface area contributed by atoms with Gasteiger partial charge >= 0.3 is 0 Å². The maximum Gasteiger partial charge on any atom is 0.256 e. The van der Waals surface area contributed by atoms with Gasteiger partial charge in [-0.25, -0.2) is 8.78 Å². The molecule has 2 aromatic rings. The van der Waals surface area contributed by atoms with Gasteiger partial charge in [0.2, 0.25) is 0 Å². The Bertz CT molecular complexity index is 781. The minimum atomic E-state index is -0.829. The number of carbonyl (C=O) groups is 1. The van der Waals surface area contributed by atoms with Crippen LogP contribution in [-0.4, -0.2) is 37.6 Å². The molecule has 26 heavy (non-hydrogen) atoms. The first-order valence-corrected chi connectivity index (χ1v) is 8.58. The van der Waals surface area contributed by atoms with E-state index in [1.807, 2.05) is 18.2 Å². The molecule has 1 fully saturated rings. The second kappa shape index (κ2) is 8.17. The molecule has 1 aliphatic rings. The molecule has 3 rings (SSSR count). The summed E-state index contributed by atoms with van der Waals surface area (Å²) in [6.45, 7) is 1.51. The van der Waals surface area contributed by atoms with Gasteiger partial charge in [-0.2, -0.15) is 0 Å². The van der Waals surface area contributed by atoms with Crippen LogP contribution in [0.15, 0.2) is 42.5 Å². The first kappa shape index (κ1) is 18.2. The van der Waals surface area contributed by atoms with E-state index in [1.165, 1.54) is 6.07 Å². The molecule has 0 bridgehead atoms. The number of benzene rings is 2. The average molecular weight is 361 g/mol. The molecule has 1 aliphatic heterocycles. The molecule has 0 aliphatic carbocycles. The lowest BCUT2D eigenvalue weighted by Crippen LogP contribution is -2.41. The number of carbonyl (C=O) groups excluding carboxylic acids is 1. The van der Waals surface area contributed by atoms with Gasteiger partial charge in [-0.3, -0.25) is 4.79 Å². The van der Waals surface area contributed by atoms with Crippen LogP contribution in [0.4, 0.5) is 8.78 Å². The quantitative estimate of drug-likeness (QED) is 0.811. The van der Waals surface area contributed by atoms with Crippen LogP contribution < -0.4 is 9.47 Å². The van der Waals surface area contributed by atoms with Crippen molar-refractivity contribution in [2.45, 2.75) is 12.8 Å². The van der Waals surface area contributed by atoms with Crippen molar-refractivity contribution in [3.05, 3.63) is 59.7 Å². The number of halogens is 2. The number of hydrogen-bond donors (Lipinski definition) is 0. The van der Waals surface area contributed by atoms with Crippen LogP contribution >= 0.6 is 0 Å². The monoisotopic (exact) mass is 361 g/mol. The van der Waals surface area contributed by atoms with Crippen LogP contribution in [0.5, 0.6) is 11.5 Å². The molecular formula is C20H21F2NO3. The third-order valence-electron chi connectivity index (χ3n) is 4.49. The number of amides is 1. The fraction of sp³-hybridized carbons (Fsp3) is 0.350. The zero-order valence-corrected chi connectivity index (χ0v) is 14.6. The van der Waals surface area contributed by atoms with E-state index in [9.17, 15) is 13.6 Å². The van der Waals surface area contributed by atoms with Crippen LogP contribution in [0, 0.1) is 17.6 Å². The molecule has 1 heterocycles. The molecule has 0 saturated carbocycles. The van der Waals surface area contributed by atoms with Gasteiger partial charge in [-0.1, -0.05) is 6.07 Å². The predicted molar refractivity (Wildman–Crippen MR) is 93.5 cm³/mol. The highest BCUT2D eigenvalue weighted by Gasteiger charge is 2.26. The zero-order valence-electron chi connectivity index (χ0n) is 14.6. The number of ether oxygens (including phenoxy) is 2. The maximum atomic E-state index is 13.9. The number of piperidine rings is 1. The lowest BCUT2D eigenvalue weighted by Gasteiger charge is -2.32. The van der Waals surface area contributed by atoms with Gasteiger partial charge in [0.25, 0.3) is 5.91 Å². The van der Waals surface area contributed by atoms with E-state index in [1.54, 1.807) is 18.1 Å². The second-order valence-corrected chi connectivity index (χ2v) is 6.37. The van der Waals surface area contributed by atoms with Crippen LogP contribution in [0.2, 0.25) is 0 Å². The van der Waals surface area contributed by atoms with Crippen molar-refractivity contribution < 1.29 is 23.0 Å². The van der Waals surface area contributed by atoms with Gasteiger partial charge in [0.15, 0.2) is 0 Å². The van der Waals surface area contributed by atoms with Crippen molar-refractivity contribution in [3.8, 4) is 11.5 Å². The molecule has 4 nitrogen and oxygen atoms in total. The highest BCUT2D eigenvalue weighted by atomic mass is 19.1. The zero-order chi connectivity index (χ0) is 18.5. The summed E-state index contributed by atoms with van der Waals surface area (Å²) in [5.74, 6) is -0.352. The minimum Gasteiger partial charge on any atom is -0.497 e. The van der Waals surface area contributed by atoms with Crippen molar-refractivity contribution in [3.63, 3.8) is 0 Å². The Labute approximate surface area is 151 Å². The average Bonchev–Trinajstić information content (AvgIpc) is 2.66. The highest BCUT2D eigenvalue weighted by molar-refractivity contribution is 5.94. The molecular weight excluding hydrogens is 340 g/mol. The molecule has 0 N–H and O–H groups in total. The van der Waals surface area contributed by atoms with Crippen molar-refractivity contribution in [1.82, 2.24) is 4.90 Å². The van der Waals surface area contributed by atoms with Crippen molar-refractivity contribution in [2.75, 3.05) is 26.8 Å². The van der Waals surface area contributed by atoms with E-state index in [4.69, 9.17) is 9.47 Å². The highest BCUT2D eigenvalue weighted by Crippen LogP contribution is 2.23. The molecule has 0 unspecified atom stereocenters. The molecule has 0 spiro atoms. The summed E-state index contributed by atoms with van der Waals surface area (Å²) in [4.78, 5) is 14.2. The predicted octanol–water partition coefficient (Wildman–Crippen LogP) is 3.90. The normalized spacial score (nSPS) is 17.0. The third kappa shape index (κ3) is 4.31. The number of nitrogens with zero attached hydrogens (tertiary/aromatic N) is 1. The van der Waals surface area contributed by atoms with Crippen LogP contribution in [-0.2, 0) is 0 Å². The summed E-state index contributed by atoms with van der Waals surface area (Å²) >= 11 is 0. The van der Waals surface area contributed by atoms with Gasteiger partial charge < -0.3 is 14.4 Å². The van der Waals surface area contributed by atoms with Gasteiger partial charge in [0.1, 0.15) is 23.1 Å². The lowest BCUT2D eigenvalue weighted by molar-refractivity contribution is 0.0628. The largest absolute Gasteiger partial charge is 0.497 e. The topological polar surface area (TPSA) is 38.8 Å². The molecule has 2 aromatic carbocycles. The SMILES string of the molecule is COc1cccc(OC[C@H]2CCCN(C(=O)c3ccc(F)cc3F)C2)c1. The molecule has 0 radical (unpaired) electrons. The lowest BCUT2D eigenvalue weighted by atomic mass is 9.98. The summed E-state index contributed by atoms with van der Waals surface area (Å²) in [6, 6.07) is 10.4. The Morgan fingerprint density at radius 3 is 2.77 bits per heavy atom. The summed E-state index contributed by atoms with van der Waals surface area (Å²) in [7, 11) is 1.60. The Kier molecular flexibility index (Phi) is 5.71. The Balaban J connectivity index is 1.60. The summed E-state index contributed by atoms with van der Waals surface area (Å²) < 4.78 is 37.9. The Hall–Kier alpha value is -2.63. The van der Waals surface area contributed by atoms with Gasteiger partial charge in [-0.05, 0) is 37.1 Å². The van der Waals surface area contributed by atoms with E-state index in [2.05, 4.69) is 0 Å². The van der Waals surface area contributed by atoms with Gasteiger partial charge in [-0.15, -0.1) is 0 Å². The summed E-state index contributed by atoms with van der Waals surface area (Å²) in [5.41, 5.74) is -0.0965. The standard InChI is InChI=1S/C20H21F2NO3/c1-25-16-5-2-6-17(11-16)26-13-14-4-3-9-23(12-14)20(24)18-8-7-15(21)10-19(18)22/h2,5-8,10-11,14H,3-4,9,12-13H2,1H3/t14-/m0/s1. The fourth-order valence-electron chi connectivity index (χ4n) is 3.12.